The van der Waals surface area contributed by atoms with E-state index in [9.17, 15) is 9.59 Å². The van der Waals surface area contributed by atoms with E-state index in [-0.39, 0.29) is 19.0 Å². The van der Waals surface area contributed by atoms with Gasteiger partial charge >= 0.3 is 12.1 Å². The van der Waals surface area contributed by atoms with Crippen molar-refractivity contribution >= 4 is 12.1 Å². The third-order valence-electron chi connectivity index (χ3n) is 4.57. The monoisotopic (exact) mass is 430 g/mol. The number of aryl methyl sites for hydroxylation is 1. The third-order valence-corrected chi connectivity index (χ3v) is 4.57. The van der Waals surface area contributed by atoms with Crippen molar-refractivity contribution in [2.24, 2.45) is 0 Å². The van der Waals surface area contributed by atoms with Crippen LogP contribution >= 0.6 is 0 Å². The molecule has 8 heteroatoms. The second-order valence-corrected chi connectivity index (χ2v) is 8.37. The molecule has 0 fully saturated rings. The summed E-state index contributed by atoms with van der Waals surface area (Å²) in [6.07, 6.45) is -0.214. The second kappa shape index (κ2) is 11.5. The highest BCUT2D eigenvalue weighted by molar-refractivity contribution is 5.73. The molecular formula is C23H34N4O4. The molecule has 0 saturated carbocycles. The van der Waals surface area contributed by atoms with Crippen molar-refractivity contribution in [1.29, 1.82) is 0 Å². The molecule has 0 aliphatic carbocycles. The van der Waals surface area contributed by atoms with E-state index in [0.29, 0.717) is 26.2 Å². The molecule has 0 atom stereocenters. The molecule has 31 heavy (non-hydrogen) atoms. The normalized spacial score (nSPS) is 11.3. The maximum absolute atomic E-state index is 12.3. The van der Waals surface area contributed by atoms with Crippen molar-refractivity contribution in [3.63, 3.8) is 0 Å². The maximum Gasteiger partial charge on any atom is 0.407 e. The molecule has 0 saturated heterocycles. The number of esters is 1. The molecule has 0 unspecified atom stereocenters. The van der Waals surface area contributed by atoms with E-state index < -0.39 is 11.7 Å². The van der Waals surface area contributed by atoms with Crippen LogP contribution in [0, 0.1) is 13.8 Å². The molecule has 0 spiro atoms. The van der Waals surface area contributed by atoms with Crippen LogP contribution in [0.3, 0.4) is 0 Å². The average Bonchev–Trinajstić information content (AvgIpc) is 2.96. The van der Waals surface area contributed by atoms with Crippen LogP contribution in [-0.2, 0) is 33.8 Å². The first kappa shape index (κ1) is 24.4. The lowest BCUT2D eigenvalue weighted by Crippen LogP contribution is -2.37. The number of ether oxygens (including phenoxy) is 2. The molecule has 2 aromatic rings. The fraction of sp³-hybridized carbons (Fsp3) is 0.522. The van der Waals surface area contributed by atoms with Gasteiger partial charge in [-0.05, 0) is 40.2 Å². The molecule has 8 nitrogen and oxygen atoms in total. The minimum absolute atomic E-state index is 0.206. The van der Waals surface area contributed by atoms with Gasteiger partial charge in [-0.25, -0.2) is 4.79 Å². The lowest BCUT2D eigenvalue weighted by molar-refractivity contribution is -0.144. The van der Waals surface area contributed by atoms with Crippen LogP contribution in [-0.4, -0.2) is 47.1 Å². The Hall–Kier alpha value is -2.87. The van der Waals surface area contributed by atoms with Gasteiger partial charge in [0.2, 0.25) is 0 Å². The van der Waals surface area contributed by atoms with E-state index in [1.54, 1.807) is 0 Å². The van der Waals surface area contributed by atoms with Gasteiger partial charge in [0.05, 0.1) is 18.7 Å². The van der Waals surface area contributed by atoms with Crippen LogP contribution in [0.4, 0.5) is 4.79 Å². The van der Waals surface area contributed by atoms with E-state index >= 15 is 0 Å². The smallest absolute Gasteiger partial charge is 0.407 e. The van der Waals surface area contributed by atoms with Crippen LogP contribution in [0.15, 0.2) is 30.3 Å². The Kier molecular flexibility index (Phi) is 9.05. The SMILES string of the molecule is Cc1nn(CCNCCNC(=O)OC(C)(C)C)c(C)c1CC(=O)OCc1ccccc1. The van der Waals surface area contributed by atoms with Gasteiger partial charge in [-0.2, -0.15) is 5.10 Å². The van der Waals surface area contributed by atoms with Crippen molar-refractivity contribution < 1.29 is 19.1 Å². The van der Waals surface area contributed by atoms with E-state index in [0.717, 1.165) is 22.5 Å². The Morgan fingerprint density at radius 1 is 1.06 bits per heavy atom. The highest BCUT2D eigenvalue weighted by Gasteiger charge is 2.16. The largest absolute Gasteiger partial charge is 0.461 e. The lowest BCUT2D eigenvalue weighted by Gasteiger charge is -2.19. The number of hydrogen-bond acceptors (Lipinski definition) is 6. The summed E-state index contributed by atoms with van der Waals surface area (Å²) in [5, 5.41) is 10.5. The number of alkyl carbamates (subject to hydrolysis) is 1. The van der Waals surface area contributed by atoms with E-state index in [4.69, 9.17) is 9.47 Å². The van der Waals surface area contributed by atoms with E-state index in [1.807, 2.05) is 69.6 Å². The average molecular weight is 431 g/mol. The summed E-state index contributed by atoms with van der Waals surface area (Å²) < 4.78 is 12.5. The van der Waals surface area contributed by atoms with Crippen molar-refractivity contribution in [2.45, 2.75) is 59.8 Å². The summed E-state index contributed by atoms with van der Waals surface area (Å²) in [7, 11) is 0. The van der Waals surface area contributed by atoms with Gasteiger partial charge in [0.25, 0.3) is 0 Å². The lowest BCUT2D eigenvalue weighted by atomic mass is 10.1. The van der Waals surface area contributed by atoms with Crippen LogP contribution in [0.1, 0.15) is 43.3 Å². The predicted molar refractivity (Wildman–Crippen MR) is 119 cm³/mol. The van der Waals surface area contributed by atoms with Gasteiger partial charge in [0, 0.05) is 30.9 Å². The molecule has 0 bridgehead atoms. The summed E-state index contributed by atoms with van der Waals surface area (Å²) in [6, 6.07) is 9.63. The minimum Gasteiger partial charge on any atom is -0.461 e. The Labute approximate surface area is 184 Å². The zero-order chi connectivity index (χ0) is 22.9. The summed E-state index contributed by atoms with van der Waals surface area (Å²) in [4.78, 5) is 23.9. The maximum atomic E-state index is 12.3. The topological polar surface area (TPSA) is 94.5 Å². The Morgan fingerprint density at radius 2 is 1.77 bits per heavy atom. The van der Waals surface area contributed by atoms with Crippen LogP contribution in [0.25, 0.3) is 0 Å². The number of carbonyl (C=O) groups is 2. The number of benzene rings is 1. The van der Waals surface area contributed by atoms with Crippen molar-refractivity contribution in [2.75, 3.05) is 19.6 Å². The van der Waals surface area contributed by atoms with Gasteiger partial charge in [0.1, 0.15) is 12.2 Å². The highest BCUT2D eigenvalue weighted by Crippen LogP contribution is 2.15. The number of hydrogen-bond donors (Lipinski definition) is 2. The summed E-state index contributed by atoms with van der Waals surface area (Å²) in [5.74, 6) is -0.263. The standard InChI is InChI=1S/C23H34N4O4/c1-17-20(15-21(28)30-16-19-9-7-6-8-10-19)18(2)27(26-17)14-13-24-11-12-25-22(29)31-23(3,4)5/h6-10,24H,11-16H2,1-5H3,(H,25,29). The van der Waals surface area contributed by atoms with E-state index in [1.165, 1.54) is 0 Å². The first-order chi connectivity index (χ1) is 14.7. The number of rotatable bonds is 10. The van der Waals surface area contributed by atoms with Gasteiger partial charge in [-0.3, -0.25) is 9.48 Å². The van der Waals surface area contributed by atoms with Crippen LogP contribution in [0.5, 0.6) is 0 Å². The zero-order valence-corrected chi connectivity index (χ0v) is 19.2. The molecule has 0 radical (unpaired) electrons. The Morgan fingerprint density at radius 3 is 2.45 bits per heavy atom. The molecule has 1 aromatic heterocycles. The molecule has 0 aliphatic heterocycles. The van der Waals surface area contributed by atoms with Crippen molar-refractivity contribution in [3.8, 4) is 0 Å². The van der Waals surface area contributed by atoms with Crippen LogP contribution in [0.2, 0.25) is 0 Å². The van der Waals surface area contributed by atoms with Gasteiger partial charge < -0.3 is 20.1 Å². The van der Waals surface area contributed by atoms with Crippen molar-refractivity contribution in [1.82, 2.24) is 20.4 Å². The first-order valence-corrected chi connectivity index (χ1v) is 10.6. The quantitative estimate of drug-likeness (QED) is 0.445. The highest BCUT2D eigenvalue weighted by atomic mass is 16.6. The predicted octanol–water partition coefficient (Wildman–Crippen LogP) is 2.90. The summed E-state index contributed by atoms with van der Waals surface area (Å²) in [5.41, 5.74) is 3.17. The molecular weight excluding hydrogens is 396 g/mol. The Bertz CT molecular complexity index is 856. The third kappa shape index (κ3) is 8.80. The zero-order valence-electron chi connectivity index (χ0n) is 19.2. The number of aromatic nitrogens is 2. The summed E-state index contributed by atoms with van der Waals surface area (Å²) >= 11 is 0. The molecule has 2 N–H and O–H groups in total. The number of nitrogens with one attached hydrogen (secondary N) is 2. The molecule has 170 valence electrons. The second-order valence-electron chi connectivity index (χ2n) is 8.37. The molecule has 1 heterocycles. The fourth-order valence-corrected chi connectivity index (χ4v) is 3.02. The number of amides is 1. The molecule has 0 aliphatic rings. The van der Waals surface area contributed by atoms with Gasteiger partial charge in [0.15, 0.2) is 0 Å². The molecule has 1 amide bonds. The van der Waals surface area contributed by atoms with Gasteiger partial charge in [-0.1, -0.05) is 30.3 Å². The van der Waals surface area contributed by atoms with Crippen LogP contribution < -0.4 is 10.6 Å². The Balaban J connectivity index is 1.72. The first-order valence-electron chi connectivity index (χ1n) is 10.6. The molecule has 1 aromatic carbocycles. The van der Waals surface area contributed by atoms with E-state index in [2.05, 4.69) is 15.7 Å². The van der Waals surface area contributed by atoms with Gasteiger partial charge in [-0.15, -0.1) is 0 Å². The molecule has 2 rings (SSSR count). The fourth-order valence-electron chi connectivity index (χ4n) is 3.02. The number of carbonyl (C=O) groups excluding carboxylic acids is 2. The number of nitrogens with zero attached hydrogens (tertiary/aromatic N) is 2. The van der Waals surface area contributed by atoms with Crippen molar-refractivity contribution in [3.05, 3.63) is 52.8 Å². The minimum atomic E-state index is -0.501. The summed E-state index contributed by atoms with van der Waals surface area (Å²) in [6.45, 7) is 12.1.